The maximum atomic E-state index is 13.1. The van der Waals surface area contributed by atoms with Gasteiger partial charge in [0.2, 0.25) is 0 Å². The number of allylic oxidation sites excluding steroid dienone is 2. The van der Waals surface area contributed by atoms with Gasteiger partial charge in [-0.25, -0.2) is 0 Å². The third-order valence-corrected chi connectivity index (χ3v) is 1.53. The Bertz CT molecular complexity index is 262. The molecule has 1 rings (SSSR count). The number of hydrogen-bond donors (Lipinski definition) is 0. The second-order valence-electron chi connectivity index (χ2n) is 2.49. The fourth-order valence-electron chi connectivity index (χ4n) is 0.966. The second kappa shape index (κ2) is 3.48. The lowest BCUT2D eigenvalue weighted by molar-refractivity contribution is 0.0520. The molecule has 64 valence electrons. The monoisotopic (exact) mass is 168 g/mol. The molecule has 0 aliphatic carbocycles. The van der Waals surface area contributed by atoms with Crippen molar-refractivity contribution < 1.29 is 8.78 Å². The highest BCUT2D eigenvalue weighted by molar-refractivity contribution is 5.24. The van der Waals surface area contributed by atoms with Gasteiger partial charge in [-0.3, -0.25) is 0 Å². The van der Waals surface area contributed by atoms with Crippen LogP contribution in [0.1, 0.15) is 12.5 Å². The van der Waals surface area contributed by atoms with Crippen molar-refractivity contribution in [1.82, 2.24) is 0 Å². The summed E-state index contributed by atoms with van der Waals surface area (Å²) in [6, 6.07) is 7.76. The summed E-state index contributed by atoms with van der Waals surface area (Å²) in [7, 11) is 0. The summed E-state index contributed by atoms with van der Waals surface area (Å²) in [4.78, 5) is 0. The van der Waals surface area contributed by atoms with Crippen LogP contribution in [-0.2, 0) is 5.92 Å². The predicted molar refractivity (Wildman–Crippen MR) is 45.2 cm³/mol. The SMILES string of the molecule is C/C=C/C(F)(F)c1ccccc1. The number of halogens is 2. The second-order valence-corrected chi connectivity index (χ2v) is 2.49. The Kier molecular flexibility index (Phi) is 2.58. The molecule has 1 aromatic rings. The topological polar surface area (TPSA) is 0 Å². The van der Waals surface area contributed by atoms with Crippen molar-refractivity contribution in [2.45, 2.75) is 12.8 Å². The van der Waals surface area contributed by atoms with Crippen molar-refractivity contribution >= 4 is 0 Å². The summed E-state index contributed by atoms with van der Waals surface area (Å²) < 4.78 is 26.1. The minimum Gasteiger partial charge on any atom is -0.197 e. The van der Waals surface area contributed by atoms with Crippen LogP contribution in [0.15, 0.2) is 42.5 Å². The van der Waals surface area contributed by atoms with E-state index in [2.05, 4.69) is 0 Å². The summed E-state index contributed by atoms with van der Waals surface area (Å²) >= 11 is 0. The Morgan fingerprint density at radius 2 is 1.75 bits per heavy atom. The van der Waals surface area contributed by atoms with E-state index in [9.17, 15) is 8.78 Å². The van der Waals surface area contributed by atoms with Gasteiger partial charge in [-0.05, 0) is 13.0 Å². The molecule has 0 saturated carbocycles. The van der Waals surface area contributed by atoms with E-state index < -0.39 is 5.92 Å². The van der Waals surface area contributed by atoms with Crippen LogP contribution in [-0.4, -0.2) is 0 Å². The Morgan fingerprint density at radius 3 is 2.25 bits per heavy atom. The third-order valence-electron chi connectivity index (χ3n) is 1.53. The van der Waals surface area contributed by atoms with E-state index in [-0.39, 0.29) is 5.56 Å². The van der Waals surface area contributed by atoms with Gasteiger partial charge in [0.05, 0.1) is 0 Å². The van der Waals surface area contributed by atoms with Crippen molar-refractivity contribution in [2.24, 2.45) is 0 Å². The Morgan fingerprint density at radius 1 is 1.17 bits per heavy atom. The molecule has 2 heteroatoms. The molecule has 0 nitrogen and oxygen atoms in total. The van der Waals surface area contributed by atoms with Crippen LogP contribution in [0.4, 0.5) is 8.78 Å². The number of benzene rings is 1. The zero-order chi connectivity index (χ0) is 9.03. The number of hydrogen-bond acceptors (Lipinski definition) is 0. The van der Waals surface area contributed by atoms with Crippen LogP contribution in [0, 0.1) is 0 Å². The Balaban J connectivity index is 2.97. The lowest BCUT2D eigenvalue weighted by atomic mass is 10.1. The molecule has 0 heterocycles. The normalized spacial score (nSPS) is 12.2. The van der Waals surface area contributed by atoms with Gasteiger partial charge in [0.15, 0.2) is 0 Å². The molecule has 0 spiro atoms. The average Bonchev–Trinajstić information content (AvgIpc) is 2.06. The third kappa shape index (κ3) is 1.91. The molecule has 0 atom stereocenters. The molecule has 1 aromatic carbocycles. The quantitative estimate of drug-likeness (QED) is 0.594. The zero-order valence-electron chi connectivity index (χ0n) is 6.80. The summed E-state index contributed by atoms with van der Waals surface area (Å²) in [5.41, 5.74) is 0.0306. The molecule has 0 aliphatic rings. The van der Waals surface area contributed by atoms with E-state index in [4.69, 9.17) is 0 Å². The first-order valence-electron chi connectivity index (χ1n) is 3.74. The number of rotatable bonds is 2. The first kappa shape index (κ1) is 8.91. The molecule has 0 radical (unpaired) electrons. The largest absolute Gasteiger partial charge is 0.291 e. The van der Waals surface area contributed by atoms with Crippen LogP contribution in [0.25, 0.3) is 0 Å². The van der Waals surface area contributed by atoms with Gasteiger partial charge >= 0.3 is 0 Å². The van der Waals surface area contributed by atoms with Crippen LogP contribution >= 0.6 is 0 Å². The van der Waals surface area contributed by atoms with E-state index in [1.54, 1.807) is 25.1 Å². The smallest absolute Gasteiger partial charge is 0.197 e. The molecule has 0 aliphatic heterocycles. The molecule has 0 amide bonds. The van der Waals surface area contributed by atoms with E-state index in [0.29, 0.717) is 0 Å². The fraction of sp³-hybridized carbons (Fsp3) is 0.200. The highest BCUT2D eigenvalue weighted by Gasteiger charge is 2.26. The molecular formula is C10H10F2. The van der Waals surface area contributed by atoms with Crippen molar-refractivity contribution in [3.8, 4) is 0 Å². The van der Waals surface area contributed by atoms with Crippen LogP contribution < -0.4 is 0 Å². The summed E-state index contributed by atoms with van der Waals surface area (Å²) in [6.07, 6.45) is 2.25. The van der Waals surface area contributed by atoms with Gasteiger partial charge in [0, 0.05) is 5.56 Å². The highest BCUT2D eigenvalue weighted by atomic mass is 19.3. The summed E-state index contributed by atoms with van der Waals surface area (Å²) in [6.45, 7) is 1.58. The molecule has 0 fully saturated rings. The van der Waals surface area contributed by atoms with Crippen LogP contribution in [0.2, 0.25) is 0 Å². The van der Waals surface area contributed by atoms with Gasteiger partial charge < -0.3 is 0 Å². The Hall–Kier alpha value is -1.18. The first-order valence-corrected chi connectivity index (χ1v) is 3.74. The summed E-state index contributed by atoms with van der Waals surface area (Å²) in [5.74, 6) is -2.84. The summed E-state index contributed by atoms with van der Waals surface area (Å²) in [5, 5.41) is 0. The molecule has 12 heavy (non-hydrogen) atoms. The molecule has 0 bridgehead atoms. The molecule has 0 N–H and O–H groups in total. The standard InChI is InChI=1S/C10H10F2/c1-2-8-10(11,12)9-6-4-3-5-7-9/h2-8H,1H3/b8-2+. The van der Waals surface area contributed by atoms with Gasteiger partial charge in [0.1, 0.15) is 0 Å². The zero-order valence-corrected chi connectivity index (χ0v) is 6.80. The molecule has 0 aromatic heterocycles. The lowest BCUT2D eigenvalue weighted by Gasteiger charge is -2.10. The predicted octanol–water partition coefficient (Wildman–Crippen LogP) is 3.35. The minimum atomic E-state index is -2.84. The van der Waals surface area contributed by atoms with Crippen molar-refractivity contribution in [3.63, 3.8) is 0 Å². The molecular weight excluding hydrogens is 158 g/mol. The van der Waals surface area contributed by atoms with E-state index in [1.165, 1.54) is 18.2 Å². The molecule has 0 saturated heterocycles. The fourth-order valence-corrected chi connectivity index (χ4v) is 0.966. The highest BCUT2D eigenvalue weighted by Crippen LogP contribution is 2.28. The van der Waals surface area contributed by atoms with Crippen molar-refractivity contribution in [2.75, 3.05) is 0 Å². The number of alkyl halides is 2. The van der Waals surface area contributed by atoms with E-state index >= 15 is 0 Å². The molecule has 0 unspecified atom stereocenters. The average molecular weight is 168 g/mol. The van der Waals surface area contributed by atoms with Crippen molar-refractivity contribution in [3.05, 3.63) is 48.0 Å². The minimum absolute atomic E-state index is 0.0306. The van der Waals surface area contributed by atoms with Gasteiger partial charge in [-0.1, -0.05) is 36.4 Å². The van der Waals surface area contributed by atoms with Crippen molar-refractivity contribution in [1.29, 1.82) is 0 Å². The maximum Gasteiger partial charge on any atom is 0.291 e. The maximum absolute atomic E-state index is 13.1. The first-order chi connectivity index (χ1) is 5.67. The van der Waals surface area contributed by atoms with E-state index in [0.717, 1.165) is 6.08 Å². The van der Waals surface area contributed by atoms with Crippen LogP contribution in [0.5, 0.6) is 0 Å². The van der Waals surface area contributed by atoms with E-state index in [1.807, 2.05) is 0 Å². The van der Waals surface area contributed by atoms with Gasteiger partial charge in [-0.15, -0.1) is 0 Å². The van der Waals surface area contributed by atoms with Gasteiger partial charge in [-0.2, -0.15) is 8.78 Å². The lowest BCUT2D eigenvalue weighted by Crippen LogP contribution is -2.08. The van der Waals surface area contributed by atoms with Crippen LogP contribution in [0.3, 0.4) is 0 Å². The Labute approximate surface area is 70.5 Å². The van der Waals surface area contributed by atoms with Gasteiger partial charge in [0.25, 0.3) is 5.92 Å².